The molecule has 36 heavy (non-hydrogen) atoms. The zero-order chi connectivity index (χ0) is 25.8. The molecule has 4 rings (SSSR count). The highest BCUT2D eigenvalue weighted by atomic mass is 35.5. The van der Waals surface area contributed by atoms with Gasteiger partial charge in [-0.1, -0.05) is 70.7 Å². The van der Waals surface area contributed by atoms with Gasteiger partial charge >= 0.3 is 0 Å². The molecule has 0 aliphatic carbocycles. The molecule has 0 spiro atoms. The largest absolute Gasteiger partial charge is 0.387 e. The second-order valence-electron chi connectivity index (χ2n) is 8.42. The van der Waals surface area contributed by atoms with Crippen LogP contribution in [-0.4, -0.2) is 26.2 Å². The Balaban J connectivity index is 1.63. The van der Waals surface area contributed by atoms with Gasteiger partial charge in [0.1, 0.15) is 0 Å². The molecule has 1 unspecified atom stereocenters. The van der Waals surface area contributed by atoms with Crippen LogP contribution in [0.15, 0.2) is 70.8 Å². The van der Waals surface area contributed by atoms with Crippen LogP contribution < -0.4 is 11.5 Å². The lowest BCUT2D eigenvalue weighted by Gasteiger charge is -2.13. The average Bonchev–Trinajstić information content (AvgIpc) is 3.10. The summed E-state index contributed by atoms with van der Waals surface area (Å²) in [5.74, 6) is 5.66. The molecule has 0 fully saturated rings. The number of nitrogens with two attached hydrogens (primary N) is 1. The standard InChI is InChI=1S/C26H25Cl3N6O/c1-16-3-2-4-17(9-16)12-32-13-20(33-31)14-34-24-11-19(27)6-8-23(24)35(26(34)30)15-25(36)18-5-7-21(28)22(29)10-18/h2-11,13,25,30,36H,12,14-15,31H2,1H3. The summed E-state index contributed by atoms with van der Waals surface area (Å²) in [6.45, 7) is 2.85. The smallest absolute Gasteiger partial charge is 0.203 e. The molecule has 0 radical (unpaired) electrons. The summed E-state index contributed by atoms with van der Waals surface area (Å²) in [5, 5.41) is 24.9. The van der Waals surface area contributed by atoms with Crippen LogP contribution in [-0.2, 0) is 19.6 Å². The zero-order valence-corrected chi connectivity index (χ0v) is 21.8. The molecule has 186 valence electrons. The quantitative estimate of drug-likeness (QED) is 0.155. The number of hydrazone groups is 1. The molecule has 0 bridgehead atoms. The molecule has 7 nitrogen and oxygen atoms in total. The maximum atomic E-state index is 10.9. The Hall–Kier alpha value is -3.10. The SMILES string of the molecule is Cc1cccc(CN=CC(Cn2c(=N)n(CC(O)c3ccc(Cl)c(Cl)c3)c3ccc(Cl)cc32)=NN)c1. The van der Waals surface area contributed by atoms with Crippen LogP contribution >= 0.6 is 34.8 Å². The molecular weight excluding hydrogens is 519 g/mol. The number of aliphatic hydroxyl groups is 1. The van der Waals surface area contributed by atoms with E-state index in [1.165, 1.54) is 0 Å². The molecule has 0 amide bonds. The van der Waals surface area contributed by atoms with Gasteiger partial charge < -0.3 is 20.1 Å². The fourth-order valence-electron chi connectivity index (χ4n) is 4.00. The lowest BCUT2D eigenvalue weighted by atomic mass is 10.1. The van der Waals surface area contributed by atoms with E-state index in [-0.39, 0.29) is 18.7 Å². The molecule has 0 aliphatic heterocycles. The monoisotopic (exact) mass is 542 g/mol. The summed E-state index contributed by atoms with van der Waals surface area (Å²) in [6, 6.07) is 18.4. The first kappa shape index (κ1) is 26.0. The Kier molecular flexibility index (Phi) is 8.16. The summed E-state index contributed by atoms with van der Waals surface area (Å²) in [6.07, 6.45) is 0.703. The molecule has 4 N–H and O–H groups in total. The van der Waals surface area contributed by atoms with Gasteiger partial charge in [-0.05, 0) is 48.4 Å². The summed E-state index contributed by atoms with van der Waals surface area (Å²) >= 11 is 18.4. The van der Waals surface area contributed by atoms with Crippen LogP contribution in [0.1, 0.15) is 22.8 Å². The number of nitrogens with one attached hydrogen (secondary N) is 1. The van der Waals surface area contributed by atoms with E-state index in [1.54, 1.807) is 45.7 Å². The molecule has 3 aromatic carbocycles. The predicted molar refractivity (Wildman–Crippen MR) is 147 cm³/mol. The Morgan fingerprint density at radius 3 is 2.56 bits per heavy atom. The summed E-state index contributed by atoms with van der Waals surface area (Å²) < 4.78 is 3.43. The number of nitrogens with zero attached hydrogens (tertiary/aromatic N) is 4. The highest BCUT2D eigenvalue weighted by Crippen LogP contribution is 2.27. The molecule has 10 heteroatoms. The third-order valence-electron chi connectivity index (χ3n) is 5.80. The number of halogens is 3. The van der Waals surface area contributed by atoms with E-state index in [0.29, 0.717) is 38.4 Å². The van der Waals surface area contributed by atoms with E-state index >= 15 is 0 Å². The number of aromatic nitrogens is 2. The molecule has 0 saturated heterocycles. The van der Waals surface area contributed by atoms with E-state index in [2.05, 4.69) is 16.2 Å². The van der Waals surface area contributed by atoms with Gasteiger partial charge in [-0.2, -0.15) is 5.10 Å². The van der Waals surface area contributed by atoms with Gasteiger partial charge in [0.2, 0.25) is 5.62 Å². The fourth-order valence-corrected chi connectivity index (χ4v) is 4.47. The Morgan fingerprint density at radius 1 is 1.03 bits per heavy atom. The van der Waals surface area contributed by atoms with Gasteiger partial charge in [0.05, 0.1) is 52.5 Å². The summed E-state index contributed by atoms with van der Waals surface area (Å²) in [4.78, 5) is 4.48. The lowest BCUT2D eigenvalue weighted by molar-refractivity contribution is 0.156. The Labute approximate surface area is 223 Å². The van der Waals surface area contributed by atoms with Gasteiger partial charge in [0, 0.05) is 11.2 Å². The minimum absolute atomic E-state index is 0.123. The maximum Gasteiger partial charge on any atom is 0.203 e. The van der Waals surface area contributed by atoms with Crippen LogP contribution in [0.5, 0.6) is 0 Å². The van der Waals surface area contributed by atoms with Crippen molar-refractivity contribution in [1.82, 2.24) is 9.13 Å². The van der Waals surface area contributed by atoms with Crippen molar-refractivity contribution < 1.29 is 5.11 Å². The van der Waals surface area contributed by atoms with Crippen molar-refractivity contribution in [2.45, 2.75) is 32.7 Å². The fraction of sp³-hybridized carbons (Fsp3) is 0.192. The van der Waals surface area contributed by atoms with Crippen LogP contribution in [0.25, 0.3) is 11.0 Å². The second kappa shape index (κ2) is 11.3. The van der Waals surface area contributed by atoms with E-state index in [9.17, 15) is 5.11 Å². The van der Waals surface area contributed by atoms with Gasteiger partial charge in [-0.15, -0.1) is 0 Å². The van der Waals surface area contributed by atoms with Crippen molar-refractivity contribution in [2.75, 3.05) is 0 Å². The molecule has 1 aromatic heterocycles. The predicted octanol–water partition coefficient (Wildman–Crippen LogP) is 5.51. The number of rotatable bonds is 8. The van der Waals surface area contributed by atoms with Crippen molar-refractivity contribution >= 4 is 57.8 Å². The van der Waals surface area contributed by atoms with Crippen molar-refractivity contribution in [3.05, 3.63) is 98.0 Å². The molecule has 4 aromatic rings. The maximum absolute atomic E-state index is 10.9. The van der Waals surface area contributed by atoms with Crippen molar-refractivity contribution in [3.8, 4) is 0 Å². The van der Waals surface area contributed by atoms with E-state index in [0.717, 1.165) is 16.6 Å². The average molecular weight is 544 g/mol. The first-order chi connectivity index (χ1) is 17.3. The number of imidazole rings is 1. The van der Waals surface area contributed by atoms with Crippen LogP contribution in [0.2, 0.25) is 15.1 Å². The number of benzene rings is 3. The number of aryl methyl sites for hydroxylation is 1. The first-order valence-electron chi connectivity index (χ1n) is 11.1. The number of fused-ring (bicyclic) bond motifs is 1. The highest BCUT2D eigenvalue weighted by molar-refractivity contribution is 6.42. The highest BCUT2D eigenvalue weighted by Gasteiger charge is 2.17. The van der Waals surface area contributed by atoms with Gasteiger partial charge in [0.15, 0.2) is 0 Å². The van der Waals surface area contributed by atoms with Crippen LogP contribution in [0.4, 0.5) is 0 Å². The number of aliphatic hydroxyl groups excluding tert-OH is 1. The third kappa shape index (κ3) is 5.82. The second-order valence-corrected chi connectivity index (χ2v) is 9.67. The Morgan fingerprint density at radius 2 is 1.83 bits per heavy atom. The molecule has 0 saturated carbocycles. The topological polar surface area (TPSA) is 105 Å². The van der Waals surface area contributed by atoms with E-state index in [1.807, 2.05) is 31.2 Å². The van der Waals surface area contributed by atoms with Gasteiger partial charge in [-0.3, -0.25) is 10.4 Å². The van der Waals surface area contributed by atoms with Gasteiger partial charge in [0.25, 0.3) is 0 Å². The van der Waals surface area contributed by atoms with E-state index < -0.39 is 6.10 Å². The van der Waals surface area contributed by atoms with Crippen molar-refractivity contribution in [3.63, 3.8) is 0 Å². The zero-order valence-electron chi connectivity index (χ0n) is 19.5. The van der Waals surface area contributed by atoms with E-state index in [4.69, 9.17) is 46.1 Å². The van der Waals surface area contributed by atoms with Crippen LogP contribution in [0.3, 0.4) is 0 Å². The number of aliphatic imine (C=N–C) groups is 1. The molecular formula is C26H25Cl3N6O. The van der Waals surface area contributed by atoms with Crippen molar-refractivity contribution in [1.29, 1.82) is 5.41 Å². The summed E-state index contributed by atoms with van der Waals surface area (Å²) in [7, 11) is 0. The minimum Gasteiger partial charge on any atom is -0.387 e. The third-order valence-corrected chi connectivity index (χ3v) is 6.77. The van der Waals surface area contributed by atoms with Crippen molar-refractivity contribution in [2.24, 2.45) is 15.9 Å². The normalized spacial score (nSPS) is 13.1. The van der Waals surface area contributed by atoms with Crippen LogP contribution in [0, 0.1) is 12.3 Å². The molecule has 1 heterocycles. The number of hydrogen-bond acceptors (Lipinski definition) is 5. The molecule has 1 atom stereocenters. The minimum atomic E-state index is -0.915. The molecule has 0 aliphatic rings. The van der Waals surface area contributed by atoms with Gasteiger partial charge in [-0.25, -0.2) is 0 Å². The summed E-state index contributed by atoms with van der Waals surface area (Å²) in [5.41, 5.74) is 4.93. The Bertz CT molecular complexity index is 1520. The number of hydrogen-bond donors (Lipinski definition) is 3. The lowest BCUT2D eigenvalue weighted by Crippen LogP contribution is -2.29. The first-order valence-corrected chi connectivity index (χ1v) is 12.3.